The highest BCUT2D eigenvalue weighted by Crippen LogP contribution is 2.39. The van der Waals surface area contributed by atoms with Gasteiger partial charge in [0, 0.05) is 13.5 Å². The highest BCUT2D eigenvalue weighted by atomic mass is 16.5. The summed E-state index contributed by atoms with van der Waals surface area (Å²) in [6.45, 7) is 0.518. The van der Waals surface area contributed by atoms with Gasteiger partial charge in [-0.1, -0.05) is 0 Å². The molecule has 3 nitrogen and oxygen atoms in total. The highest BCUT2D eigenvalue weighted by molar-refractivity contribution is 5.08. The molecule has 78 valence electrons. The molecule has 0 atom stereocenters. The third kappa shape index (κ3) is 2.36. The van der Waals surface area contributed by atoms with E-state index in [1.807, 2.05) is 12.1 Å². The first kappa shape index (κ1) is 9.74. The van der Waals surface area contributed by atoms with Gasteiger partial charge in [0.15, 0.2) is 0 Å². The molecular weight excluding hydrogens is 180 g/mol. The van der Waals surface area contributed by atoms with Gasteiger partial charge in [-0.2, -0.15) is 0 Å². The van der Waals surface area contributed by atoms with Crippen molar-refractivity contribution in [1.82, 2.24) is 0 Å². The van der Waals surface area contributed by atoms with Crippen molar-refractivity contribution in [3.63, 3.8) is 0 Å². The standard InChI is InChI=1S/C11H16O3/c1-13-8-10-3-2-9(14-10)4-5-11(12)6-7-11/h2-3,12H,4-8H2,1H3. The van der Waals surface area contributed by atoms with Crippen LogP contribution >= 0.6 is 0 Å². The largest absolute Gasteiger partial charge is 0.464 e. The minimum Gasteiger partial charge on any atom is -0.464 e. The third-order valence-corrected chi connectivity index (χ3v) is 2.67. The number of hydrogen-bond donors (Lipinski definition) is 1. The van der Waals surface area contributed by atoms with Gasteiger partial charge >= 0.3 is 0 Å². The molecule has 2 rings (SSSR count). The molecule has 1 aromatic rings. The van der Waals surface area contributed by atoms with Gasteiger partial charge in [0.25, 0.3) is 0 Å². The van der Waals surface area contributed by atoms with E-state index in [-0.39, 0.29) is 5.60 Å². The van der Waals surface area contributed by atoms with E-state index in [4.69, 9.17) is 9.15 Å². The molecule has 14 heavy (non-hydrogen) atoms. The second kappa shape index (κ2) is 3.75. The summed E-state index contributed by atoms with van der Waals surface area (Å²) in [6.07, 6.45) is 3.52. The topological polar surface area (TPSA) is 42.6 Å². The van der Waals surface area contributed by atoms with E-state index in [1.165, 1.54) is 0 Å². The molecule has 0 saturated heterocycles. The van der Waals surface area contributed by atoms with Crippen LogP contribution in [0.4, 0.5) is 0 Å². The molecule has 0 spiro atoms. The molecular formula is C11H16O3. The van der Waals surface area contributed by atoms with Gasteiger partial charge in [0.1, 0.15) is 18.1 Å². The van der Waals surface area contributed by atoms with E-state index in [2.05, 4.69) is 0 Å². The van der Waals surface area contributed by atoms with Gasteiger partial charge in [0.2, 0.25) is 0 Å². The van der Waals surface area contributed by atoms with Crippen LogP contribution in [0.2, 0.25) is 0 Å². The lowest BCUT2D eigenvalue weighted by atomic mass is 10.1. The second-order valence-electron chi connectivity index (χ2n) is 4.03. The van der Waals surface area contributed by atoms with Crippen molar-refractivity contribution in [3.05, 3.63) is 23.7 Å². The first-order valence-corrected chi connectivity index (χ1v) is 5.01. The number of methoxy groups -OCH3 is 1. The molecule has 0 radical (unpaired) electrons. The zero-order valence-electron chi connectivity index (χ0n) is 8.45. The summed E-state index contributed by atoms with van der Waals surface area (Å²) in [6, 6.07) is 3.88. The Hall–Kier alpha value is -0.800. The Morgan fingerprint density at radius 1 is 1.43 bits per heavy atom. The molecule has 1 fully saturated rings. The Kier molecular flexibility index (Phi) is 2.61. The predicted octanol–water partition coefficient (Wildman–Crippen LogP) is 1.88. The van der Waals surface area contributed by atoms with E-state index < -0.39 is 0 Å². The zero-order valence-corrected chi connectivity index (χ0v) is 8.45. The molecule has 1 aliphatic rings. The van der Waals surface area contributed by atoms with Crippen molar-refractivity contribution in [3.8, 4) is 0 Å². The summed E-state index contributed by atoms with van der Waals surface area (Å²) >= 11 is 0. The Morgan fingerprint density at radius 3 is 2.79 bits per heavy atom. The van der Waals surface area contributed by atoms with Crippen LogP contribution in [0, 0.1) is 0 Å². The Morgan fingerprint density at radius 2 is 2.14 bits per heavy atom. The van der Waals surface area contributed by atoms with Crippen molar-refractivity contribution >= 4 is 0 Å². The van der Waals surface area contributed by atoms with Crippen LogP contribution in [0.5, 0.6) is 0 Å². The van der Waals surface area contributed by atoms with Gasteiger partial charge in [-0.15, -0.1) is 0 Å². The number of furan rings is 1. The van der Waals surface area contributed by atoms with Gasteiger partial charge in [-0.25, -0.2) is 0 Å². The number of rotatable bonds is 5. The van der Waals surface area contributed by atoms with Gasteiger partial charge in [-0.3, -0.25) is 0 Å². The monoisotopic (exact) mass is 196 g/mol. The SMILES string of the molecule is COCc1ccc(CCC2(O)CC2)o1. The van der Waals surface area contributed by atoms with Gasteiger partial charge in [0.05, 0.1) is 5.60 Å². The van der Waals surface area contributed by atoms with Crippen LogP contribution < -0.4 is 0 Å². The maximum Gasteiger partial charge on any atom is 0.129 e. The second-order valence-corrected chi connectivity index (χ2v) is 4.03. The summed E-state index contributed by atoms with van der Waals surface area (Å²) in [5.74, 6) is 1.79. The molecule has 1 heterocycles. The molecule has 0 aromatic carbocycles. The molecule has 0 bridgehead atoms. The summed E-state index contributed by atoms with van der Waals surface area (Å²) in [7, 11) is 1.65. The average Bonchev–Trinajstić information content (AvgIpc) is 2.74. The molecule has 3 heteroatoms. The zero-order chi connectivity index (χ0) is 10.0. The Balaban J connectivity index is 1.83. The summed E-state index contributed by atoms with van der Waals surface area (Å²) in [5.41, 5.74) is -0.381. The van der Waals surface area contributed by atoms with E-state index in [9.17, 15) is 5.11 Å². The first-order valence-electron chi connectivity index (χ1n) is 5.01. The summed E-state index contributed by atoms with van der Waals surface area (Å²) < 4.78 is 10.5. The van der Waals surface area contributed by atoms with Crippen LogP contribution in [0.15, 0.2) is 16.5 Å². The first-order chi connectivity index (χ1) is 6.72. The maximum absolute atomic E-state index is 9.63. The minimum atomic E-state index is -0.381. The average molecular weight is 196 g/mol. The Bertz CT molecular complexity index is 299. The Labute approximate surface area is 83.7 Å². The number of ether oxygens (including phenoxy) is 1. The third-order valence-electron chi connectivity index (χ3n) is 2.67. The fourth-order valence-corrected chi connectivity index (χ4v) is 1.53. The van der Waals surface area contributed by atoms with Crippen LogP contribution in [-0.4, -0.2) is 17.8 Å². The van der Waals surface area contributed by atoms with Gasteiger partial charge < -0.3 is 14.3 Å². The molecule has 0 unspecified atom stereocenters. The predicted molar refractivity (Wildman–Crippen MR) is 51.9 cm³/mol. The van der Waals surface area contributed by atoms with Crippen LogP contribution in [0.3, 0.4) is 0 Å². The number of hydrogen-bond acceptors (Lipinski definition) is 3. The lowest BCUT2D eigenvalue weighted by Gasteiger charge is -2.04. The fourth-order valence-electron chi connectivity index (χ4n) is 1.53. The lowest BCUT2D eigenvalue weighted by Crippen LogP contribution is -2.07. The van der Waals surface area contributed by atoms with E-state index in [1.54, 1.807) is 7.11 Å². The van der Waals surface area contributed by atoms with Crippen LogP contribution in [0.25, 0.3) is 0 Å². The van der Waals surface area contributed by atoms with Crippen molar-refractivity contribution in [2.75, 3.05) is 7.11 Å². The smallest absolute Gasteiger partial charge is 0.129 e. The lowest BCUT2D eigenvalue weighted by molar-refractivity contribution is 0.136. The number of aryl methyl sites for hydroxylation is 1. The van der Waals surface area contributed by atoms with Crippen molar-refractivity contribution in [1.29, 1.82) is 0 Å². The fraction of sp³-hybridized carbons (Fsp3) is 0.636. The maximum atomic E-state index is 9.63. The van der Waals surface area contributed by atoms with Crippen LogP contribution in [0.1, 0.15) is 30.8 Å². The van der Waals surface area contributed by atoms with Crippen molar-refractivity contribution < 1.29 is 14.3 Å². The van der Waals surface area contributed by atoms with E-state index in [0.717, 1.165) is 37.2 Å². The molecule has 1 aliphatic carbocycles. The number of aliphatic hydroxyl groups is 1. The molecule has 1 N–H and O–H groups in total. The quantitative estimate of drug-likeness (QED) is 0.782. The van der Waals surface area contributed by atoms with Crippen molar-refractivity contribution in [2.45, 2.75) is 37.9 Å². The summed E-state index contributed by atoms with van der Waals surface area (Å²) in [4.78, 5) is 0. The van der Waals surface area contributed by atoms with E-state index >= 15 is 0 Å². The summed E-state index contributed by atoms with van der Waals surface area (Å²) in [5, 5.41) is 9.63. The van der Waals surface area contributed by atoms with Gasteiger partial charge in [-0.05, 0) is 31.4 Å². The molecule has 0 amide bonds. The molecule has 1 aromatic heterocycles. The minimum absolute atomic E-state index is 0.381. The van der Waals surface area contributed by atoms with Crippen LogP contribution in [-0.2, 0) is 17.8 Å². The highest BCUT2D eigenvalue weighted by Gasteiger charge is 2.39. The normalized spacial score (nSPS) is 18.4. The molecule has 1 saturated carbocycles. The van der Waals surface area contributed by atoms with Crippen molar-refractivity contribution in [2.24, 2.45) is 0 Å². The van der Waals surface area contributed by atoms with E-state index in [0.29, 0.717) is 6.61 Å². The molecule has 0 aliphatic heterocycles.